The van der Waals surface area contributed by atoms with E-state index < -0.39 is 12.4 Å². The molecule has 122 valence electrons. The lowest BCUT2D eigenvalue weighted by Crippen LogP contribution is -2.44. The quantitative estimate of drug-likeness (QED) is 0.790. The molecule has 0 aromatic heterocycles. The van der Waals surface area contributed by atoms with Gasteiger partial charge in [-0.3, -0.25) is 0 Å². The summed E-state index contributed by atoms with van der Waals surface area (Å²) in [4.78, 5) is 0. The third-order valence-electron chi connectivity index (χ3n) is 4.39. The number of rotatable bonds is 3. The van der Waals surface area contributed by atoms with Crippen molar-refractivity contribution in [2.45, 2.75) is 37.9 Å². The van der Waals surface area contributed by atoms with Crippen molar-refractivity contribution in [1.82, 2.24) is 0 Å². The Labute approximate surface area is 132 Å². The molecule has 2 aliphatic rings. The van der Waals surface area contributed by atoms with E-state index in [1.165, 1.54) is 12.1 Å². The molecule has 0 radical (unpaired) electrons. The van der Waals surface area contributed by atoms with Crippen LogP contribution in [0.15, 0.2) is 18.2 Å². The highest BCUT2D eigenvalue weighted by Gasteiger charge is 2.41. The van der Waals surface area contributed by atoms with E-state index in [2.05, 4.69) is 0 Å². The molecule has 1 aromatic rings. The van der Waals surface area contributed by atoms with Crippen LogP contribution in [0.2, 0.25) is 0 Å². The van der Waals surface area contributed by atoms with Gasteiger partial charge in [-0.1, -0.05) is 12.1 Å². The summed E-state index contributed by atoms with van der Waals surface area (Å²) < 4.78 is 50.2. The number of hydrogen-bond donors (Lipinski definition) is 0. The van der Waals surface area contributed by atoms with Crippen molar-refractivity contribution >= 4 is 24.2 Å². The van der Waals surface area contributed by atoms with E-state index in [0.717, 1.165) is 36.8 Å². The number of hydrogen-bond acceptors (Lipinski definition) is 3. The predicted molar refractivity (Wildman–Crippen MR) is 84.2 cm³/mol. The second kappa shape index (κ2) is 6.00. The number of aryl methyl sites for hydroxylation is 1. The average molecular weight is 331 g/mol. The van der Waals surface area contributed by atoms with Crippen LogP contribution in [-0.4, -0.2) is 36.8 Å². The van der Waals surface area contributed by atoms with Gasteiger partial charge in [0.1, 0.15) is 11.9 Å². The van der Waals surface area contributed by atoms with Crippen LogP contribution >= 0.6 is 11.8 Å². The summed E-state index contributed by atoms with van der Waals surface area (Å²) >= 11 is 1.89. The summed E-state index contributed by atoms with van der Waals surface area (Å²) in [5.41, 5.74) is -0.116. The molecule has 2 saturated heterocycles. The first-order chi connectivity index (χ1) is 10.4. The van der Waals surface area contributed by atoms with Gasteiger partial charge in [0.05, 0.1) is 12.2 Å². The molecule has 0 aliphatic carbocycles. The van der Waals surface area contributed by atoms with Gasteiger partial charge in [-0.15, -0.1) is 5.46 Å². The zero-order valence-electron chi connectivity index (χ0n) is 12.5. The summed E-state index contributed by atoms with van der Waals surface area (Å²) in [5.74, 6) is 2.65. The van der Waals surface area contributed by atoms with Crippen LogP contribution < -0.4 is 10.2 Å². The zero-order chi connectivity index (χ0) is 15.8. The molecule has 2 atom stereocenters. The van der Waals surface area contributed by atoms with E-state index in [0.29, 0.717) is 17.9 Å². The van der Waals surface area contributed by atoms with E-state index in [1.807, 2.05) is 11.8 Å². The molecule has 3 rings (SSSR count). The van der Waals surface area contributed by atoms with Gasteiger partial charge in [0.15, 0.2) is 0 Å². The SMILES string of the molecule is Cc1cc([B-](F)(F)F)ccc1OC1CCOC2(CCSC2)C1. The monoisotopic (exact) mass is 331 g/mol. The maximum atomic E-state index is 12.8. The molecule has 2 nitrogen and oxygen atoms in total. The van der Waals surface area contributed by atoms with Crippen molar-refractivity contribution in [2.75, 3.05) is 18.1 Å². The van der Waals surface area contributed by atoms with Crippen LogP contribution in [-0.2, 0) is 4.74 Å². The highest BCUT2D eigenvalue weighted by Crippen LogP contribution is 2.39. The highest BCUT2D eigenvalue weighted by atomic mass is 32.2. The van der Waals surface area contributed by atoms with Gasteiger partial charge >= 0.3 is 6.98 Å². The molecular formula is C15H19BF3O2S-. The zero-order valence-corrected chi connectivity index (χ0v) is 13.3. The topological polar surface area (TPSA) is 18.5 Å². The van der Waals surface area contributed by atoms with E-state index >= 15 is 0 Å². The first-order valence-electron chi connectivity index (χ1n) is 7.57. The molecule has 1 aromatic carbocycles. The fraction of sp³-hybridized carbons (Fsp3) is 0.600. The van der Waals surface area contributed by atoms with E-state index in [1.54, 1.807) is 6.92 Å². The van der Waals surface area contributed by atoms with Crippen LogP contribution in [0, 0.1) is 6.92 Å². The highest BCUT2D eigenvalue weighted by molar-refractivity contribution is 7.99. The van der Waals surface area contributed by atoms with Crippen LogP contribution in [0.5, 0.6) is 5.75 Å². The maximum absolute atomic E-state index is 12.8. The van der Waals surface area contributed by atoms with Crippen molar-refractivity contribution in [3.63, 3.8) is 0 Å². The molecule has 0 bridgehead atoms. The summed E-state index contributed by atoms with van der Waals surface area (Å²) in [7, 11) is 0. The van der Waals surface area contributed by atoms with E-state index in [9.17, 15) is 12.9 Å². The molecule has 0 N–H and O–H groups in total. The number of halogens is 3. The Morgan fingerprint density at radius 1 is 1.36 bits per heavy atom. The Balaban J connectivity index is 1.70. The minimum Gasteiger partial charge on any atom is -0.490 e. The third-order valence-corrected chi connectivity index (χ3v) is 5.61. The van der Waals surface area contributed by atoms with Gasteiger partial charge in [-0.2, -0.15) is 11.8 Å². The van der Waals surface area contributed by atoms with Crippen LogP contribution in [0.25, 0.3) is 0 Å². The normalized spacial score (nSPS) is 29.0. The number of thioether (sulfide) groups is 1. The van der Waals surface area contributed by atoms with Gasteiger partial charge in [0, 0.05) is 18.6 Å². The van der Waals surface area contributed by atoms with Crippen LogP contribution in [0.1, 0.15) is 24.8 Å². The van der Waals surface area contributed by atoms with Crippen molar-refractivity contribution in [1.29, 1.82) is 0 Å². The second-order valence-electron chi connectivity index (χ2n) is 6.17. The summed E-state index contributed by atoms with van der Waals surface area (Å²) in [6.07, 6.45) is 2.67. The summed E-state index contributed by atoms with van der Waals surface area (Å²) in [6, 6.07) is 3.74. The van der Waals surface area contributed by atoms with E-state index in [4.69, 9.17) is 9.47 Å². The Morgan fingerprint density at radius 2 is 2.18 bits per heavy atom. The maximum Gasteiger partial charge on any atom is 0.509 e. The first-order valence-corrected chi connectivity index (χ1v) is 8.72. The van der Waals surface area contributed by atoms with Gasteiger partial charge in [0.25, 0.3) is 0 Å². The van der Waals surface area contributed by atoms with Crippen LogP contribution in [0.3, 0.4) is 0 Å². The Morgan fingerprint density at radius 3 is 2.82 bits per heavy atom. The van der Waals surface area contributed by atoms with Crippen molar-refractivity contribution in [3.05, 3.63) is 23.8 Å². The first kappa shape index (κ1) is 16.1. The van der Waals surface area contributed by atoms with Crippen molar-refractivity contribution < 1.29 is 22.4 Å². The Kier molecular flexibility index (Phi) is 4.38. The molecule has 2 heterocycles. The van der Waals surface area contributed by atoms with E-state index in [-0.39, 0.29) is 11.7 Å². The lowest BCUT2D eigenvalue weighted by Gasteiger charge is -2.37. The smallest absolute Gasteiger partial charge is 0.490 e. The average Bonchev–Trinajstić information content (AvgIpc) is 2.88. The number of benzene rings is 1. The van der Waals surface area contributed by atoms with Gasteiger partial charge in [-0.25, -0.2) is 0 Å². The van der Waals surface area contributed by atoms with Crippen LogP contribution in [0.4, 0.5) is 12.9 Å². The molecule has 2 unspecified atom stereocenters. The Bertz CT molecular complexity index is 544. The Hall–Kier alpha value is -0.815. The summed E-state index contributed by atoms with van der Waals surface area (Å²) in [6.45, 7) is -2.63. The molecule has 1 spiro atoms. The molecule has 2 aliphatic heterocycles. The molecular weight excluding hydrogens is 312 g/mol. The van der Waals surface area contributed by atoms with Crippen molar-refractivity contribution in [3.8, 4) is 5.75 Å². The van der Waals surface area contributed by atoms with Gasteiger partial charge < -0.3 is 22.4 Å². The molecule has 0 amide bonds. The minimum absolute atomic E-state index is 0.0217. The largest absolute Gasteiger partial charge is 0.509 e. The molecule has 22 heavy (non-hydrogen) atoms. The van der Waals surface area contributed by atoms with Gasteiger partial charge in [-0.05, 0) is 30.7 Å². The predicted octanol–water partition coefficient (Wildman–Crippen LogP) is 3.48. The third kappa shape index (κ3) is 3.40. The molecule has 0 saturated carbocycles. The fourth-order valence-corrected chi connectivity index (χ4v) is 4.51. The minimum atomic E-state index is -4.96. The second-order valence-corrected chi connectivity index (χ2v) is 7.27. The lowest BCUT2D eigenvalue weighted by atomic mass is 9.79. The fourth-order valence-electron chi connectivity index (χ4n) is 3.13. The number of ether oxygens (including phenoxy) is 2. The molecule has 2 fully saturated rings. The van der Waals surface area contributed by atoms with Gasteiger partial charge in [0.2, 0.25) is 0 Å². The lowest BCUT2D eigenvalue weighted by molar-refractivity contribution is -0.0959. The summed E-state index contributed by atoms with van der Waals surface area (Å²) in [5, 5.41) is 0. The standard InChI is InChI=1S/C15H19BF3O2S/c1-11-8-12(16(17,18)19)2-3-14(11)21-13-4-6-20-15(9-13)5-7-22-10-15/h2-3,8,13H,4-7,9-10H2,1H3/q-1. The van der Waals surface area contributed by atoms with Crippen molar-refractivity contribution in [2.24, 2.45) is 0 Å². The molecule has 7 heteroatoms.